The van der Waals surface area contributed by atoms with Crippen molar-refractivity contribution in [3.05, 3.63) is 45.8 Å². The lowest BCUT2D eigenvalue weighted by Gasteiger charge is -2.14. The lowest BCUT2D eigenvalue weighted by Crippen LogP contribution is -3.08. The molecule has 0 bridgehead atoms. The molecule has 7 heteroatoms. The number of carbonyl (C=O) groups excluding carboxylic acids is 2. The number of nitrogens with one attached hydrogen (secondary N) is 2. The summed E-state index contributed by atoms with van der Waals surface area (Å²) in [6.07, 6.45) is 0. The van der Waals surface area contributed by atoms with Gasteiger partial charge in [0.25, 0.3) is 5.91 Å². The van der Waals surface area contributed by atoms with Gasteiger partial charge < -0.3 is 19.7 Å². The molecule has 0 fully saturated rings. The van der Waals surface area contributed by atoms with E-state index in [1.54, 1.807) is 14.0 Å². The zero-order valence-electron chi connectivity index (χ0n) is 16.5. The Morgan fingerprint density at radius 1 is 1.19 bits per heavy atom. The summed E-state index contributed by atoms with van der Waals surface area (Å²) in [5, 5.41) is 3.45. The van der Waals surface area contributed by atoms with E-state index in [0.29, 0.717) is 30.3 Å². The number of thiophene rings is 1. The maximum atomic E-state index is 12.5. The van der Waals surface area contributed by atoms with Crippen molar-refractivity contribution in [3.63, 3.8) is 0 Å². The molecule has 2 rings (SSSR count). The van der Waals surface area contributed by atoms with Gasteiger partial charge in [-0.3, -0.25) is 4.79 Å². The summed E-state index contributed by atoms with van der Waals surface area (Å²) in [7, 11) is 3.59. The number of quaternary nitrogens is 1. The number of hydrogen-bond donors (Lipinski definition) is 2. The van der Waals surface area contributed by atoms with Gasteiger partial charge in [-0.05, 0) is 50.6 Å². The number of ether oxygens (including phenoxy) is 2. The number of esters is 1. The number of carbonyl (C=O) groups is 2. The highest BCUT2D eigenvalue weighted by atomic mass is 32.1. The van der Waals surface area contributed by atoms with Crippen LogP contribution in [0.1, 0.15) is 33.3 Å². The van der Waals surface area contributed by atoms with E-state index in [2.05, 4.69) is 5.32 Å². The van der Waals surface area contributed by atoms with Crippen LogP contribution in [-0.4, -0.2) is 39.2 Å². The minimum Gasteiger partial charge on any atom is -0.497 e. The number of rotatable bonds is 8. The fraction of sp³-hybridized carbons (Fsp3) is 0.400. The Morgan fingerprint density at radius 2 is 1.85 bits per heavy atom. The summed E-state index contributed by atoms with van der Waals surface area (Å²) in [6, 6.07) is 7.80. The third kappa shape index (κ3) is 5.55. The minimum absolute atomic E-state index is 0.132. The fourth-order valence-electron chi connectivity index (χ4n) is 2.76. The van der Waals surface area contributed by atoms with Crippen molar-refractivity contribution in [1.82, 2.24) is 0 Å². The maximum Gasteiger partial charge on any atom is 0.341 e. The summed E-state index contributed by atoms with van der Waals surface area (Å²) in [5.41, 5.74) is 2.43. The van der Waals surface area contributed by atoms with Gasteiger partial charge in [-0.15, -0.1) is 11.3 Å². The Hall–Kier alpha value is -2.38. The molecule has 1 unspecified atom stereocenters. The molecule has 2 N–H and O–H groups in total. The van der Waals surface area contributed by atoms with Gasteiger partial charge in [0.2, 0.25) is 0 Å². The van der Waals surface area contributed by atoms with E-state index in [1.165, 1.54) is 11.3 Å². The first-order valence-corrected chi connectivity index (χ1v) is 9.68. The number of likely N-dealkylation sites (N-methyl/N-ethyl adjacent to an activating group) is 1. The molecule has 0 saturated carbocycles. The zero-order chi connectivity index (χ0) is 20.0. The molecule has 0 saturated heterocycles. The summed E-state index contributed by atoms with van der Waals surface area (Å²) in [6.45, 7) is 6.88. The van der Waals surface area contributed by atoms with Crippen LogP contribution in [0.15, 0.2) is 24.3 Å². The van der Waals surface area contributed by atoms with E-state index in [4.69, 9.17) is 9.47 Å². The average Bonchev–Trinajstić information content (AvgIpc) is 2.89. The molecule has 1 aromatic heterocycles. The lowest BCUT2D eigenvalue weighted by atomic mass is 10.1. The predicted octanol–water partition coefficient (Wildman–Crippen LogP) is 2.20. The van der Waals surface area contributed by atoms with Crippen LogP contribution in [0, 0.1) is 13.8 Å². The van der Waals surface area contributed by atoms with E-state index < -0.39 is 5.97 Å². The second-order valence-electron chi connectivity index (χ2n) is 6.41. The smallest absolute Gasteiger partial charge is 0.341 e. The van der Waals surface area contributed by atoms with Gasteiger partial charge in [0.05, 0.1) is 26.3 Å². The Bertz CT molecular complexity index is 799. The third-order valence-electron chi connectivity index (χ3n) is 4.25. The Kier molecular flexibility index (Phi) is 7.38. The molecule has 1 aromatic carbocycles. The second kappa shape index (κ2) is 9.53. The highest BCUT2D eigenvalue weighted by Gasteiger charge is 2.23. The van der Waals surface area contributed by atoms with Crippen LogP contribution in [0.4, 0.5) is 5.00 Å². The Morgan fingerprint density at radius 3 is 2.44 bits per heavy atom. The molecule has 1 atom stereocenters. The van der Waals surface area contributed by atoms with Crippen molar-refractivity contribution in [2.75, 3.05) is 32.6 Å². The van der Waals surface area contributed by atoms with Crippen LogP contribution in [0.2, 0.25) is 0 Å². The molecule has 1 heterocycles. The van der Waals surface area contributed by atoms with Gasteiger partial charge in [-0.1, -0.05) is 0 Å². The molecule has 0 radical (unpaired) electrons. The Balaban J connectivity index is 2.00. The van der Waals surface area contributed by atoms with Crippen molar-refractivity contribution >= 4 is 28.2 Å². The van der Waals surface area contributed by atoms with Crippen LogP contribution < -0.4 is 15.0 Å². The second-order valence-corrected chi connectivity index (χ2v) is 7.64. The topological polar surface area (TPSA) is 69.1 Å². The quantitative estimate of drug-likeness (QED) is 0.677. The molecule has 1 amide bonds. The summed E-state index contributed by atoms with van der Waals surface area (Å²) >= 11 is 1.40. The molecular formula is C20H27N2O4S+. The van der Waals surface area contributed by atoms with Gasteiger partial charge >= 0.3 is 5.97 Å². The van der Waals surface area contributed by atoms with Crippen molar-refractivity contribution < 1.29 is 24.0 Å². The van der Waals surface area contributed by atoms with Crippen LogP contribution in [0.3, 0.4) is 0 Å². The van der Waals surface area contributed by atoms with E-state index >= 15 is 0 Å². The molecule has 0 aliphatic carbocycles. The lowest BCUT2D eigenvalue weighted by molar-refractivity contribution is -0.885. The molecule has 0 spiro atoms. The highest BCUT2D eigenvalue weighted by Crippen LogP contribution is 2.32. The summed E-state index contributed by atoms with van der Waals surface area (Å²) in [5.74, 6) is 0.283. The van der Waals surface area contributed by atoms with Gasteiger partial charge in [0.15, 0.2) is 6.54 Å². The normalized spacial score (nSPS) is 11.7. The molecule has 27 heavy (non-hydrogen) atoms. The molecule has 6 nitrogen and oxygen atoms in total. The van der Waals surface area contributed by atoms with Crippen molar-refractivity contribution in [3.8, 4) is 5.75 Å². The number of amides is 1. The van der Waals surface area contributed by atoms with Crippen LogP contribution in [0.5, 0.6) is 5.75 Å². The fourth-order valence-corrected chi connectivity index (χ4v) is 3.83. The van der Waals surface area contributed by atoms with Gasteiger partial charge in [-0.25, -0.2) is 4.79 Å². The number of methoxy groups -OCH3 is 1. The Labute approximate surface area is 164 Å². The molecule has 146 valence electrons. The molecular weight excluding hydrogens is 364 g/mol. The number of hydrogen-bond acceptors (Lipinski definition) is 5. The van der Waals surface area contributed by atoms with Gasteiger partial charge in [-0.2, -0.15) is 0 Å². The molecule has 2 aromatic rings. The monoisotopic (exact) mass is 391 g/mol. The number of anilines is 1. The maximum absolute atomic E-state index is 12.5. The van der Waals surface area contributed by atoms with E-state index in [0.717, 1.165) is 26.7 Å². The first-order valence-electron chi connectivity index (χ1n) is 8.86. The number of benzene rings is 1. The van der Waals surface area contributed by atoms with E-state index in [1.807, 2.05) is 45.2 Å². The van der Waals surface area contributed by atoms with Crippen molar-refractivity contribution in [2.24, 2.45) is 0 Å². The van der Waals surface area contributed by atoms with Gasteiger partial charge in [0.1, 0.15) is 17.3 Å². The third-order valence-corrected chi connectivity index (χ3v) is 5.37. The van der Waals surface area contributed by atoms with Gasteiger partial charge in [0, 0.05) is 10.4 Å². The highest BCUT2D eigenvalue weighted by molar-refractivity contribution is 7.16. The molecule has 0 aliphatic heterocycles. The van der Waals surface area contributed by atoms with Crippen molar-refractivity contribution in [1.29, 1.82) is 0 Å². The molecule has 0 aliphatic rings. The minimum atomic E-state index is -0.395. The summed E-state index contributed by atoms with van der Waals surface area (Å²) in [4.78, 5) is 26.7. The van der Waals surface area contributed by atoms with Crippen LogP contribution in [-0.2, 0) is 16.1 Å². The predicted molar refractivity (Wildman–Crippen MR) is 107 cm³/mol. The van der Waals surface area contributed by atoms with E-state index in [-0.39, 0.29) is 5.91 Å². The number of aryl methyl sites for hydroxylation is 1. The van der Waals surface area contributed by atoms with Crippen LogP contribution >= 0.6 is 11.3 Å². The standard InChI is InChI=1S/C20H26N2O4S/c1-6-26-20(24)18-13(2)14(3)27-19(18)21-17(23)12-22(4)11-15-7-9-16(25-5)10-8-15/h7-10H,6,11-12H2,1-5H3,(H,21,23)/p+1. The average molecular weight is 392 g/mol. The summed E-state index contributed by atoms with van der Waals surface area (Å²) < 4.78 is 10.3. The van der Waals surface area contributed by atoms with Crippen molar-refractivity contribution in [2.45, 2.75) is 27.3 Å². The van der Waals surface area contributed by atoms with Crippen LogP contribution in [0.25, 0.3) is 0 Å². The first kappa shape index (κ1) is 20.9. The largest absolute Gasteiger partial charge is 0.497 e. The van der Waals surface area contributed by atoms with E-state index in [9.17, 15) is 9.59 Å². The SMILES string of the molecule is CCOC(=O)c1c(NC(=O)C[NH+](C)Cc2ccc(OC)cc2)sc(C)c1C. The first-order chi connectivity index (χ1) is 12.8. The zero-order valence-corrected chi connectivity index (χ0v) is 17.3.